The Morgan fingerprint density at radius 2 is 1.69 bits per heavy atom. The summed E-state index contributed by atoms with van der Waals surface area (Å²) >= 11 is 0. The predicted molar refractivity (Wildman–Crippen MR) is 130 cm³/mol. The van der Waals surface area contributed by atoms with E-state index in [2.05, 4.69) is 20.6 Å². The van der Waals surface area contributed by atoms with E-state index < -0.39 is 17.9 Å². The summed E-state index contributed by atoms with van der Waals surface area (Å²) in [6.07, 6.45) is 1.56. The van der Waals surface area contributed by atoms with Crippen LogP contribution in [0.3, 0.4) is 0 Å². The molecule has 188 valence electrons. The van der Waals surface area contributed by atoms with Crippen molar-refractivity contribution in [1.82, 2.24) is 10.7 Å². The van der Waals surface area contributed by atoms with Crippen molar-refractivity contribution in [1.29, 1.82) is 0 Å². The summed E-state index contributed by atoms with van der Waals surface area (Å²) in [6, 6.07) is 11.3. The van der Waals surface area contributed by atoms with Crippen LogP contribution < -0.4 is 25.0 Å². The summed E-state index contributed by atoms with van der Waals surface area (Å²) in [5, 5.41) is 6.75. The maximum absolute atomic E-state index is 12.7. The van der Waals surface area contributed by atoms with Crippen LogP contribution in [0.2, 0.25) is 0 Å². The van der Waals surface area contributed by atoms with Crippen LogP contribution in [-0.2, 0) is 25.5 Å². The van der Waals surface area contributed by atoms with Crippen molar-refractivity contribution in [2.45, 2.75) is 26.3 Å². The lowest BCUT2D eigenvalue weighted by molar-refractivity contribution is -0.143. The lowest BCUT2D eigenvalue weighted by Gasteiger charge is -2.20. The SMILES string of the molecule is COC(=O)COc1ccc(/C=N\NC(=O)[C@@H](NC(=O)Cc2ccc(OC)cc2)C(C)C)cc1OC. The van der Waals surface area contributed by atoms with Gasteiger partial charge >= 0.3 is 5.97 Å². The molecular weight excluding hydrogens is 454 g/mol. The van der Waals surface area contributed by atoms with Gasteiger partial charge in [0.25, 0.3) is 5.91 Å². The van der Waals surface area contributed by atoms with E-state index in [4.69, 9.17) is 14.2 Å². The monoisotopic (exact) mass is 485 g/mol. The number of esters is 1. The molecule has 0 aliphatic rings. The van der Waals surface area contributed by atoms with Gasteiger partial charge in [-0.1, -0.05) is 26.0 Å². The second kappa shape index (κ2) is 13.6. The molecule has 1 atom stereocenters. The van der Waals surface area contributed by atoms with Gasteiger partial charge in [-0.05, 0) is 47.4 Å². The van der Waals surface area contributed by atoms with Gasteiger partial charge in [-0.25, -0.2) is 10.2 Å². The molecule has 0 fully saturated rings. The minimum Gasteiger partial charge on any atom is -0.497 e. The number of rotatable bonds is 12. The fourth-order valence-electron chi connectivity index (χ4n) is 3.01. The largest absolute Gasteiger partial charge is 0.497 e. The molecule has 10 nitrogen and oxygen atoms in total. The van der Waals surface area contributed by atoms with Gasteiger partial charge in [0, 0.05) is 0 Å². The molecule has 0 radical (unpaired) electrons. The van der Waals surface area contributed by atoms with Crippen LogP contribution in [0.25, 0.3) is 0 Å². The second-order valence-electron chi connectivity index (χ2n) is 7.82. The van der Waals surface area contributed by atoms with Gasteiger partial charge in [0.2, 0.25) is 5.91 Å². The molecule has 2 rings (SSSR count). The maximum atomic E-state index is 12.7. The topological polar surface area (TPSA) is 125 Å². The van der Waals surface area contributed by atoms with Gasteiger partial charge in [-0.2, -0.15) is 5.10 Å². The zero-order valence-corrected chi connectivity index (χ0v) is 20.5. The first kappa shape index (κ1) is 27.2. The Hall–Kier alpha value is -4.08. The summed E-state index contributed by atoms with van der Waals surface area (Å²) in [7, 11) is 4.31. The van der Waals surface area contributed by atoms with E-state index >= 15 is 0 Å². The number of hydrazone groups is 1. The number of ether oxygens (including phenoxy) is 4. The molecular formula is C25H31N3O7. The van der Waals surface area contributed by atoms with Gasteiger partial charge in [0.05, 0.1) is 34.0 Å². The number of amides is 2. The number of methoxy groups -OCH3 is 3. The van der Waals surface area contributed by atoms with E-state index in [0.29, 0.717) is 22.8 Å². The van der Waals surface area contributed by atoms with E-state index in [9.17, 15) is 14.4 Å². The molecule has 10 heteroatoms. The molecule has 0 aromatic heterocycles. The number of nitrogens with zero attached hydrogens (tertiary/aromatic N) is 1. The number of benzene rings is 2. The van der Waals surface area contributed by atoms with Crippen molar-refractivity contribution in [3.05, 3.63) is 53.6 Å². The second-order valence-corrected chi connectivity index (χ2v) is 7.82. The first-order chi connectivity index (χ1) is 16.8. The van der Waals surface area contributed by atoms with Crippen molar-refractivity contribution in [2.75, 3.05) is 27.9 Å². The molecule has 0 saturated heterocycles. The summed E-state index contributed by atoms with van der Waals surface area (Å²) in [6.45, 7) is 3.41. The Bertz CT molecular complexity index is 1040. The van der Waals surface area contributed by atoms with Gasteiger partial charge in [-0.15, -0.1) is 0 Å². The molecule has 0 heterocycles. The van der Waals surface area contributed by atoms with Crippen molar-refractivity contribution in [3.63, 3.8) is 0 Å². The van der Waals surface area contributed by atoms with Crippen LogP contribution in [0, 0.1) is 5.92 Å². The highest BCUT2D eigenvalue weighted by molar-refractivity contribution is 5.89. The molecule has 2 aromatic carbocycles. The Balaban J connectivity index is 1.96. The van der Waals surface area contributed by atoms with E-state index in [0.717, 1.165) is 5.56 Å². The van der Waals surface area contributed by atoms with E-state index in [-0.39, 0.29) is 24.9 Å². The number of hydrogen-bond donors (Lipinski definition) is 2. The Morgan fingerprint density at radius 1 is 0.971 bits per heavy atom. The van der Waals surface area contributed by atoms with Crippen LogP contribution in [0.1, 0.15) is 25.0 Å². The highest BCUT2D eigenvalue weighted by Crippen LogP contribution is 2.27. The lowest BCUT2D eigenvalue weighted by Crippen LogP contribution is -2.49. The van der Waals surface area contributed by atoms with E-state index in [1.54, 1.807) is 49.6 Å². The highest BCUT2D eigenvalue weighted by Gasteiger charge is 2.24. The van der Waals surface area contributed by atoms with Crippen molar-refractivity contribution >= 4 is 24.0 Å². The number of carbonyl (C=O) groups is 3. The molecule has 2 N–H and O–H groups in total. The standard InChI is InChI=1S/C25H31N3O7/c1-16(2)24(27-22(29)13-17-6-9-19(32-3)10-7-17)25(31)28-26-14-18-8-11-20(21(12-18)33-4)35-15-23(30)34-5/h6-12,14,16,24H,13,15H2,1-5H3,(H,27,29)(H,28,31)/b26-14-/t24-/m0/s1. The number of hydrogen-bond acceptors (Lipinski definition) is 8. The smallest absolute Gasteiger partial charge is 0.343 e. The Morgan fingerprint density at radius 3 is 2.29 bits per heavy atom. The lowest BCUT2D eigenvalue weighted by atomic mass is 10.0. The van der Waals surface area contributed by atoms with Crippen molar-refractivity contribution < 1.29 is 33.3 Å². The highest BCUT2D eigenvalue weighted by atomic mass is 16.6. The number of carbonyl (C=O) groups excluding carboxylic acids is 3. The van der Waals surface area contributed by atoms with Crippen molar-refractivity contribution in [2.24, 2.45) is 11.0 Å². The fraction of sp³-hybridized carbons (Fsp3) is 0.360. The average molecular weight is 486 g/mol. The minimum atomic E-state index is -0.762. The van der Waals surface area contributed by atoms with Crippen LogP contribution in [-0.4, -0.2) is 58.0 Å². The Kier molecular flexibility index (Phi) is 10.5. The first-order valence-electron chi connectivity index (χ1n) is 10.9. The van der Waals surface area contributed by atoms with Crippen LogP contribution in [0.15, 0.2) is 47.6 Å². The van der Waals surface area contributed by atoms with Crippen LogP contribution in [0.4, 0.5) is 0 Å². The van der Waals surface area contributed by atoms with Crippen molar-refractivity contribution in [3.8, 4) is 17.2 Å². The third kappa shape index (κ3) is 8.65. The molecule has 2 amide bonds. The third-order valence-corrected chi connectivity index (χ3v) is 4.94. The fourth-order valence-corrected chi connectivity index (χ4v) is 3.01. The molecule has 2 aromatic rings. The Labute approximate surface area is 204 Å². The zero-order valence-electron chi connectivity index (χ0n) is 20.5. The summed E-state index contributed by atoms with van der Waals surface area (Å²) in [5.74, 6) is 0.0538. The minimum absolute atomic E-state index is 0.133. The predicted octanol–water partition coefficient (Wildman–Crippen LogP) is 2.09. The first-order valence-corrected chi connectivity index (χ1v) is 10.9. The zero-order chi connectivity index (χ0) is 25.8. The summed E-state index contributed by atoms with van der Waals surface area (Å²) in [4.78, 5) is 36.4. The van der Waals surface area contributed by atoms with Gasteiger partial charge in [0.15, 0.2) is 18.1 Å². The van der Waals surface area contributed by atoms with Gasteiger partial charge in [-0.3, -0.25) is 9.59 Å². The molecule has 35 heavy (non-hydrogen) atoms. The van der Waals surface area contributed by atoms with Gasteiger partial charge in [0.1, 0.15) is 11.8 Å². The summed E-state index contributed by atoms with van der Waals surface area (Å²) < 4.78 is 20.3. The van der Waals surface area contributed by atoms with Crippen LogP contribution >= 0.6 is 0 Å². The molecule has 0 aliphatic carbocycles. The maximum Gasteiger partial charge on any atom is 0.343 e. The van der Waals surface area contributed by atoms with E-state index in [1.165, 1.54) is 20.4 Å². The molecule has 0 unspecified atom stereocenters. The third-order valence-electron chi connectivity index (χ3n) is 4.94. The molecule has 0 saturated carbocycles. The molecule has 0 bridgehead atoms. The molecule has 0 spiro atoms. The van der Waals surface area contributed by atoms with E-state index in [1.807, 2.05) is 13.8 Å². The van der Waals surface area contributed by atoms with Crippen LogP contribution in [0.5, 0.6) is 17.2 Å². The molecule has 0 aliphatic heterocycles. The quantitative estimate of drug-likeness (QED) is 0.268. The summed E-state index contributed by atoms with van der Waals surface area (Å²) in [5.41, 5.74) is 3.89. The normalized spacial score (nSPS) is 11.6. The van der Waals surface area contributed by atoms with Gasteiger partial charge < -0.3 is 24.3 Å². The average Bonchev–Trinajstić information content (AvgIpc) is 2.86. The number of nitrogens with one attached hydrogen (secondary N) is 2.